The van der Waals surface area contributed by atoms with Gasteiger partial charge in [0.15, 0.2) is 0 Å². The first-order valence-corrected chi connectivity index (χ1v) is 6.19. The number of nitrogens with zero attached hydrogens (tertiary/aromatic N) is 2. The molecule has 0 bridgehead atoms. The summed E-state index contributed by atoms with van der Waals surface area (Å²) >= 11 is 1.54. The molecular formula is C13H13N3S. The van der Waals surface area contributed by atoms with Crippen LogP contribution in [0, 0.1) is 0 Å². The summed E-state index contributed by atoms with van der Waals surface area (Å²) in [5.41, 5.74) is 4.99. The molecule has 0 aliphatic heterocycles. The van der Waals surface area contributed by atoms with Crippen LogP contribution in [0.4, 0.5) is 5.13 Å². The molecule has 1 aromatic heterocycles. The molecule has 17 heavy (non-hydrogen) atoms. The van der Waals surface area contributed by atoms with E-state index >= 15 is 0 Å². The van der Waals surface area contributed by atoms with Crippen LogP contribution in [0.25, 0.3) is 11.3 Å². The number of hydrazone groups is 1. The Morgan fingerprint density at radius 3 is 2.88 bits per heavy atom. The fourth-order valence-electron chi connectivity index (χ4n) is 1.29. The standard InChI is InChI=1S/C13H13N3S/c1-2-3-9-14-16-13-15-12(10-17-13)11-7-5-4-6-8-11/h2-10H,1H3,(H,15,16)/b3-2+,14-9-. The first kappa shape index (κ1) is 11.5. The molecule has 0 saturated carbocycles. The maximum Gasteiger partial charge on any atom is 0.203 e. The predicted molar refractivity (Wildman–Crippen MR) is 74.5 cm³/mol. The van der Waals surface area contributed by atoms with Crippen LogP contribution >= 0.6 is 11.3 Å². The van der Waals surface area contributed by atoms with Crippen molar-refractivity contribution in [2.45, 2.75) is 6.92 Å². The molecule has 0 radical (unpaired) electrons. The van der Waals surface area contributed by atoms with Gasteiger partial charge in [-0.2, -0.15) is 5.10 Å². The Morgan fingerprint density at radius 2 is 2.12 bits per heavy atom. The lowest BCUT2D eigenvalue weighted by molar-refractivity contribution is 1.29. The lowest BCUT2D eigenvalue weighted by Crippen LogP contribution is -1.87. The highest BCUT2D eigenvalue weighted by Crippen LogP contribution is 2.24. The van der Waals surface area contributed by atoms with Gasteiger partial charge in [-0.3, -0.25) is 5.43 Å². The van der Waals surface area contributed by atoms with Gasteiger partial charge in [-0.15, -0.1) is 11.3 Å². The number of nitrogens with one attached hydrogen (secondary N) is 1. The molecule has 0 amide bonds. The van der Waals surface area contributed by atoms with E-state index in [1.54, 1.807) is 17.6 Å². The molecule has 2 rings (SSSR count). The van der Waals surface area contributed by atoms with Crippen LogP contribution in [0.5, 0.6) is 0 Å². The maximum absolute atomic E-state index is 4.45. The molecule has 0 spiro atoms. The Morgan fingerprint density at radius 1 is 1.29 bits per heavy atom. The van der Waals surface area contributed by atoms with Crippen LogP contribution in [-0.2, 0) is 0 Å². The second kappa shape index (κ2) is 5.96. The van der Waals surface area contributed by atoms with Crippen LogP contribution in [0.2, 0.25) is 0 Å². The van der Waals surface area contributed by atoms with E-state index < -0.39 is 0 Å². The molecule has 0 aliphatic rings. The number of anilines is 1. The fourth-order valence-corrected chi connectivity index (χ4v) is 1.96. The highest BCUT2D eigenvalue weighted by molar-refractivity contribution is 7.14. The van der Waals surface area contributed by atoms with Gasteiger partial charge < -0.3 is 0 Å². The van der Waals surface area contributed by atoms with Crippen molar-refractivity contribution in [3.63, 3.8) is 0 Å². The molecule has 2 aromatic rings. The van der Waals surface area contributed by atoms with Crippen molar-refractivity contribution in [2.75, 3.05) is 5.43 Å². The molecule has 3 nitrogen and oxygen atoms in total. The van der Waals surface area contributed by atoms with Crippen molar-refractivity contribution < 1.29 is 0 Å². The third kappa shape index (κ3) is 3.26. The normalized spacial score (nSPS) is 11.4. The Balaban J connectivity index is 2.06. The van der Waals surface area contributed by atoms with Gasteiger partial charge in [-0.05, 0) is 13.0 Å². The zero-order valence-electron chi connectivity index (χ0n) is 9.50. The van der Waals surface area contributed by atoms with Crippen molar-refractivity contribution in [1.29, 1.82) is 0 Å². The monoisotopic (exact) mass is 243 g/mol. The lowest BCUT2D eigenvalue weighted by atomic mass is 10.2. The summed E-state index contributed by atoms with van der Waals surface area (Å²) in [7, 11) is 0. The second-order valence-electron chi connectivity index (χ2n) is 3.32. The highest BCUT2D eigenvalue weighted by Gasteiger charge is 2.02. The van der Waals surface area contributed by atoms with Gasteiger partial charge in [0.2, 0.25) is 5.13 Å². The SMILES string of the molecule is C/C=C/C=N\Nc1nc(-c2ccccc2)cs1. The molecular weight excluding hydrogens is 230 g/mol. The molecule has 1 heterocycles. The quantitative estimate of drug-likeness (QED) is 0.655. The number of aromatic nitrogens is 1. The minimum atomic E-state index is 0.796. The molecule has 1 N–H and O–H groups in total. The molecule has 0 saturated heterocycles. The van der Waals surface area contributed by atoms with Crippen molar-refractivity contribution in [2.24, 2.45) is 5.10 Å². The Kier molecular flexibility index (Phi) is 4.05. The minimum Gasteiger partial charge on any atom is -0.253 e. The Bertz CT molecular complexity index is 514. The Hall–Kier alpha value is -1.94. The van der Waals surface area contributed by atoms with Crippen molar-refractivity contribution >= 4 is 22.7 Å². The van der Waals surface area contributed by atoms with Gasteiger partial charge in [-0.1, -0.05) is 36.4 Å². The molecule has 0 atom stereocenters. The molecule has 86 valence electrons. The van der Waals surface area contributed by atoms with E-state index in [9.17, 15) is 0 Å². The van der Waals surface area contributed by atoms with E-state index in [0.29, 0.717) is 0 Å². The van der Waals surface area contributed by atoms with Gasteiger partial charge in [0.25, 0.3) is 0 Å². The van der Waals surface area contributed by atoms with Gasteiger partial charge in [0.05, 0.1) is 5.69 Å². The number of thiazole rings is 1. The van der Waals surface area contributed by atoms with Crippen LogP contribution in [-0.4, -0.2) is 11.2 Å². The second-order valence-corrected chi connectivity index (χ2v) is 4.18. The van der Waals surface area contributed by atoms with E-state index in [4.69, 9.17) is 0 Å². The number of allylic oxidation sites excluding steroid dienone is 2. The summed E-state index contributed by atoms with van der Waals surface area (Å²) in [4.78, 5) is 4.45. The zero-order valence-corrected chi connectivity index (χ0v) is 10.3. The molecule has 1 aromatic carbocycles. The first-order chi connectivity index (χ1) is 8.40. The van der Waals surface area contributed by atoms with Crippen LogP contribution in [0.1, 0.15) is 6.92 Å². The van der Waals surface area contributed by atoms with Gasteiger partial charge in [0, 0.05) is 17.2 Å². The van der Waals surface area contributed by atoms with Crippen LogP contribution in [0.3, 0.4) is 0 Å². The molecule has 0 unspecified atom stereocenters. The van der Waals surface area contributed by atoms with E-state index in [0.717, 1.165) is 16.4 Å². The van der Waals surface area contributed by atoms with Gasteiger partial charge >= 0.3 is 0 Å². The summed E-state index contributed by atoms with van der Waals surface area (Å²) in [6, 6.07) is 10.1. The fraction of sp³-hybridized carbons (Fsp3) is 0.0769. The maximum atomic E-state index is 4.45. The highest BCUT2D eigenvalue weighted by atomic mass is 32.1. The first-order valence-electron chi connectivity index (χ1n) is 5.31. The summed E-state index contributed by atoms with van der Waals surface area (Å²) in [5.74, 6) is 0. The van der Waals surface area contributed by atoms with Gasteiger partial charge in [0.1, 0.15) is 0 Å². The Labute approximate surface area is 105 Å². The smallest absolute Gasteiger partial charge is 0.203 e. The summed E-state index contributed by atoms with van der Waals surface area (Å²) < 4.78 is 0. The summed E-state index contributed by atoms with van der Waals surface area (Å²) in [6.07, 6.45) is 5.48. The van der Waals surface area contributed by atoms with Crippen LogP contribution < -0.4 is 5.43 Å². The van der Waals surface area contributed by atoms with Crippen molar-refractivity contribution in [1.82, 2.24) is 4.98 Å². The molecule has 0 aliphatic carbocycles. The largest absolute Gasteiger partial charge is 0.253 e. The van der Waals surface area contributed by atoms with Crippen molar-refractivity contribution in [3.8, 4) is 11.3 Å². The van der Waals surface area contributed by atoms with Crippen molar-refractivity contribution in [3.05, 3.63) is 47.9 Å². The lowest BCUT2D eigenvalue weighted by Gasteiger charge is -1.94. The van der Waals surface area contributed by atoms with Gasteiger partial charge in [-0.25, -0.2) is 4.98 Å². The predicted octanol–water partition coefficient (Wildman–Crippen LogP) is 3.78. The summed E-state index contributed by atoms with van der Waals surface area (Å²) in [5, 5.41) is 6.84. The number of rotatable bonds is 4. The third-order valence-corrected chi connectivity index (χ3v) is 2.83. The topological polar surface area (TPSA) is 37.3 Å². The minimum absolute atomic E-state index is 0.796. The van der Waals surface area contributed by atoms with Crippen LogP contribution in [0.15, 0.2) is 53.0 Å². The molecule has 0 fully saturated rings. The summed E-state index contributed by atoms with van der Waals surface area (Å²) in [6.45, 7) is 1.95. The van der Waals surface area contributed by atoms with E-state index in [-0.39, 0.29) is 0 Å². The average Bonchev–Trinajstić information content (AvgIpc) is 2.85. The van der Waals surface area contributed by atoms with E-state index in [1.165, 1.54) is 0 Å². The average molecular weight is 243 g/mol. The van der Waals surface area contributed by atoms with E-state index in [2.05, 4.69) is 15.5 Å². The number of benzene rings is 1. The van der Waals surface area contributed by atoms with E-state index in [1.807, 2.05) is 54.8 Å². The zero-order chi connectivity index (χ0) is 11.9. The third-order valence-electron chi connectivity index (χ3n) is 2.09. The molecule has 4 heteroatoms. The number of hydrogen-bond acceptors (Lipinski definition) is 4. The number of hydrogen-bond donors (Lipinski definition) is 1.